The second-order valence-electron chi connectivity index (χ2n) is 6.09. The van der Waals surface area contributed by atoms with Crippen LogP contribution in [0.15, 0.2) is 0 Å². The van der Waals surface area contributed by atoms with E-state index in [1.165, 1.54) is 0 Å². The average Bonchev–Trinajstić information content (AvgIpc) is 2.08. The Morgan fingerprint density at radius 1 is 1.06 bits per heavy atom. The second kappa shape index (κ2) is 5.52. The normalized spacial score (nSPS) is 14.1. The molecule has 0 heterocycles. The molecule has 0 bridgehead atoms. The van der Waals surface area contributed by atoms with Crippen LogP contribution in [0.2, 0.25) is 0 Å². The lowest BCUT2D eigenvalue weighted by Crippen LogP contribution is -2.37. The van der Waals surface area contributed by atoms with Crippen molar-refractivity contribution in [1.29, 1.82) is 0 Å². The van der Waals surface area contributed by atoms with Gasteiger partial charge in [-0.2, -0.15) is 0 Å². The zero-order valence-electron chi connectivity index (χ0n) is 11.9. The molecule has 0 spiro atoms. The first kappa shape index (κ1) is 15.9. The van der Waals surface area contributed by atoms with E-state index < -0.39 is 29.1 Å². The van der Waals surface area contributed by atoms with Crippen molar-refractivity contribution in [3.05, 3.63) is 0 Å². The highest BCUT2D eigenvalue weighted by molar-refractivity contribution is 5.81. The minimum absolute atomic E-state index is 0.393. The Hall–Kier alpha value is -1.06. The van der Waals surface area contributed by atoms with Crippen molar-refractivity contribution in [2.75, 3.05) is 0 Å². The van der Waals surface area contributed by atoms with Crippen molar-refractivity contribution >= 4 is 11.9 Å². The van der Waals surface area contributed by atoms with E-state index in [0.717, 1.165) is 0 Å². The van der Waals surface area contributed by atoms with Crippen LogP contribution in [0.1, 0.15) is 54.9 Å². The zero-order valence-corrected chi connectivity index (χ0v) is 11.9. The van der Waals surface area contributed by atoms with Gasteiger partial charge in [0.05, 0.1) is 5.41 Å². The van der Waals surface area contributed by atoms with Crippen LogP contribution < -0.4 is 0 Å². The van der Waals surface area contributed by atoms with Crippen LogP contribution in [-0.2, 0) is 19.1 Å². The van der Waals surface area contributed by atoms with Crippen molar-refractivity contribution in [1.82, 2.24) is 0 Å². The molecule has 4 nitrogen and oxygen atoms in total. The number of esters is 2. The van der Waals surface area contributed by atoms with Crippen molar-refractivity contribution in [2.45, 2.75) is 66.6 Å². The van der Waals surface area contributed by atoms with Crippen LogP contribution in [-0.4, -0.2) is 23.6 Å². The molecule has 0 radical (unpaired) electrons. The van der Waals surface area contributed by atoms with Gasteiger partial charge < -0.3 is 9.47 Å². The maximum atomic E-state index is 11.8. The van der Waals surface area contributed by atoms with E-state index >= 15 is 0 Å². The summed E-state index contributed by atoms with van der Waals surface area (Å²) in [6.07, 6.45) is -0.405. The molecule has 0 aromatic carbocycles. The molecule has 4 heteroatoms. The van der Waals surface area contributed by atoms with Crippen LogP contribution in [0.4, 0.5) is 0 Å². The summed E-state index contributed by atoms with van der Waals surface area (Å²) in [6.45, 7) is 12.4. The molecule has 0 rings (SSSR count). The van der Waals surface area contributed by atoms with Crippen molar-refractivity contribution in [3.8, 4) is 0 Å². The molecule has 0 aliphatic heterocycles. The molecular formula is C13H24O4. The fourth-order valence-corrected chi connectivity index (χ4v) is 0.972. The molecule has 100 valence electrons. The van der Waals surface area contributed by atoms with Gasteiger partial charge in [0.1, 0.15) is 5.60 Å². The summed E-state index contributed by atoms with van der Waals surface area (Å²) < 4.78 is 10.3. The van der Waals surface area contributed by atoms with Crippen LogP contribution in [0, 0.1) is 5.41 Å². The number of hydrogen-bond acceptors (Lipinski definition) is 4. The Morgan fingerprint density at radius 2 is 1.53 bits per heavy atom. The maximum absolute atomic E-state index is 11.8. The minimum Gasteiger partial charge on any atom is -0.457 e. The maximum Gasteiger partial charge on any atom is 0.347 e. The Bertz CT molecular complexity index is 281. The molecule has 0 saturated heterocycles. The quantitative estimate of drug-likeness (QED) is 0.716. The number of ether oxygens (including phenoxy) is 2. The van der Waals surface area contributed by atoms with Gasteiger partial charge >= 0.3 is 11.9 Å². The highest BCUT2D eigenvalue weighted by atomic mass is 16.6. The standard InChI is InChI=1S/C13H24O4/c1-8-9(10(14)17-13(5,6)7)16-11(15)12(2,3)4/h9H,8H2,1-7H3. The summed E-state index contributed by atoms with van der Waals surface area (Å²) in [5.41, 5.74) is -1.19. The summed E-state index contributed by atoms with van der Waals surface area (Å²) in [7, 11) is 0. The van der Waals surface area contributed by atoms with Gasteiger partial charge in [0.25, 0.3) is 0 Å². The molecule has 0 aliphatic rings. The Labute approximate surface area is 104 Å². The van der Waals surface area contributed by atoms with E-state index in [1.54, 1.807) is 48.5 Å². The van der Waals surface area contributed by atoms with Crippen molar-refractivity contribution < 1.29 is 19.1 Å². The molecule has 1 unspecified atom stereocenters. The molecule has 0 N–H and O–H groups in total. The molecule has 0 aromatic heterocycles. The third-order valence-electron chi connectivity index (χ3n) is 1.90. The van der Waals surface area contributed by atoms with Gasteiger partial charge in [-0.05, 0) is 48.0 Å². The van der Waals surface area contributed by atoms with Gasteiger partial charge in [0.2, 0.25) is 0 Å². The lowest BCUT2D eigenvalue weighted by molar-refractivity contribution is -0.179. The van der Waals surface area contributed by atoms with Gasteiger partial charge in [-0.25, -0.2) is 4.79 Å². The predicted molar refractivity (Wildman–Crippen MR) is 65.5 cm³/mol. The van der Waals surface area contributed by atoms with Crippen LogP contribution in [0.5, 0.6) is 0 Å². The monoisotopic (exact) mass is 244 g/mol. The zero-order chi connectivity index (χ0) is 13.9. The number of carbonyl (C=O) groups excluding carboxylic acids is 2. The van der Waals surface area contributed by atoms with Gasteiger partial charge in [-0.15, -0.1) is 0 Å². The summed E-state index contributed by atoms with van der Waals surface area (Å²) in [5.74, 6) is -0.882. The first-order valence-corrected chi connectivity index (χ1v) is 5.91. The number of carbonyl (C=O) groups is 2. The number of rotatable bonds is 3. The molecule has 1 atom stereocenters. The van der Waals surface area contributed by atoms with Crippen molar-refractivity contribution in [3.63, 3.8) is 0 Å². The molecule has 0 fully saturated rings. The third-order valence-corrected chi connectivity index (χ3v) is 1.90. The van der Waals surface area contributed by atoms with E-state index in [-0.39, 0.29) is 0 Å². The Kier molecular flexibility index (Phi) is 5.17. The molecule has 0 amide bonds. The van der Waals surface area contributed by atoms with E-state index in [1.807, 2.05) is 0 Å². The summed E-state index contributed by atoms with van der Waals surface area (Å²) in [6, 6.07) is 0. The average molecular weight is 244 g/mol. The topological polar surface area (TPSA) is 52.6 Å². The lowest BCUT2D eigenvalue weighted by atomic mass is 9.97. The fraction of sp³-hybridized carbons (Fsp3) is 0.846. The Morgan fingerprint density at radius 3 is 1.82 bits per heavy atom. The van der Waals surface area contributed by atoms with E-state index in [0.29, 0.717) is 6.42 Å². The fourth-order valence-electron chi connectivity index (χ4n) is 0.972. The summed E-state index contributed by atoms with van der Waals surface area (Å²) in [5, 5.41) is 0. The molecule has 17 heavy (non-hydrogen) atoms. The molecule has 0 aliphatic carbocycles. The summed E-state index contributed by atoms with van der Waals surface area (Å²) in [4.78, 5) is 23.4. The van der Waals surface area contributed by atoms with Crippen LogP contribution in [0.3, 0.4) is 0 Å². The minimum atomic E-state index is -0.819. The largest absolute Gasteiger partial charge is 0.457 e. The van der Waals surface area contributed by atoms with Gasteiger partial charge in [-0.1, -0.05) is 6.92 Å². The second-order valence-corrected chi connectivity index (χ2v) is 6.09. The van der Waals surface area contributed by atoms with Gasteiger partial charge in [-0.3, -0.25) is 4.79 Å². The van der Waals surface area contributed by atoms with Gasteiger partial charge in [0, 0.05) is 0 Å². The summed E-state index contributed by atoms with van der Waals surface area (Å²) >= 11 is 0. The smallest absolute Gasteiger partial charge is 0.347 e. The molecule has 0 aromatic rings. The van der Waals surface area contributed by atoms with Crippen molar-refractivity contribution in [2.24, 2.45) is 5.41 Å². The SMILES string of the molecule is CCC(OC(=O)C(C)(C)C)C(=O)OC(C)(C)C. The van der Waals surface area contributed by atoms with E-state index in [9.17, 15) is 9.59 Å². The molecular weight excluding hydrogens is 220 g/mol. The predicted octanol–water partition coefficient (Wildman–Crippen LogP) is 2.70. The first-order valence-electron chi connectivity index (χ1n) is 5.91. The lowest BCUT2D eigenvalue weighted by Gasteiger charge is -2.25. The van der Waals surface area contributed by atoms with E-state index in [2.05, 4.69) is 0 Å². The third kappa shape index (κ3) is 6.29. The van der Waals surface area contributed by atoms with Gasteiger partial charge in [0.15, 0.2) is 6.10 Å². The molecule has 0 saturated carbocycles. The van der Waals surface area contributed by atoms with Crippen LogP contribution in [0.25, 0.3) is 0 Å². The Balaban J connectivity index is 4.55. The van der Waals surface area contributed by atoms with Crippen LogP contribution >= 0.6 is 0 Å². The first-order chi connectivity index (χ1) is 7.47. The van der Waals surface area contributed by atoms with E-state index in [4.69, 9.17) is 9.47 Å². The highest BCUT2D eigenvalue weighted by Gasteiger charge is 2.31. The highest BCUT2D eigenvalue weighted by Crippen LogP contribution is 2.19. The number of hydrogen-bond donors (Lipinski definition) is 0.